The van der Waals surface area contributed by atoms with E-state index in [-0.39, 0.29) is 29.8 Å². The fourth-order valence-electron chi connectivity index (χ4n) is 2.06. The zero-order valence-corrected chi connectivity index (χ0v) is 18.4. The molecule has 0 atom stereocenters. The lowest BCUT2D eigenvalue weighted by Crippen LogP contribution is -2.39. The molecule has 0 aliphatic heterocycles. The number of nitrogens with one attached hydrogen (secondary N) is 2. The summed E-state index contributed by atoms with van der Waals surface area (Å²) in [5, 5.41) is 7.69. The maximum absolute atomic E-state index is 13.5. The van der Waals surface area contributed by atoms with Crippen molar-refractivity contribution in [1.82, 2.24) is 15.6 Å². The Kier molecular flexibility index (Phi) is 11.1. The summed E-state index contributed by atoms with van der Waals surface area (Å²) < 4.78 is 13.5. The molecule has 0 saturated heterocycles. The highest BCUT2D eigenvalue weighted by Crippen LogP contribution is 2.14. The minimum atomic E-state index is -0.132. The molecule has 138 valence electrons. The van der Waals surface area contributed by atoms with Crippen LogP contribution in [0.15, 0.2) is 35.5 Å². The van der Waals surface area contributed by atoms with Crippen LogP contribution >= 0.6 is 47.1 Å². The Morgan fingerprint density at radius 3 is 2.72 bits per heavy atom. The van der Waals surface area contributed by atoms with Gasteiger partial charge in [0.05, 0.1) is 5.01 Å². The zero-order chi connectivity index (χ0) is 17.2. The predicted molar refractivity (Wildman–Crippen MR) is 118 cm³/mol. The molecule has 0 spiro atoms. The molecule has 1 heterocycles. The van der Waals surface area contributed by atoms with Crippen LogP contribution in [0.4, 0.5) is 4.39 Å². The summed E-state index contributed by atoms with van der Waals surface area (Å²) in [4.78, 5) is 9.78. The fourth-order valence-corrected chi connectivity index (χ4v) is 3.70. The molecular formula is C17H24FIN4S2. The van der Waals surface area contributed by atoms with E-state index in [9.17, 15) is 4.39 Å². The molecule has 4 nitrogen and oxygen atoms in total. The van der Waals surface area contributed by atoms with Gasteiger partial charge in [0.15, 0.2) is 5.96 Å². The number of hydrogen-bond donors (Lipinski definition) is 2. The first-order valence-electron chi connectivity index (χ1n) is 7.86. The predicted octanol–water partition coefficient (Wildman–Crippen LogP) is 3.85. The van der Waals surface area contributed by atoms with E-state index in [4.69, 9.17) is 0 Å². The molecule has 8 heteroatoms. The Hall–Kier alpha value is -0.870. The van der Waals surface area contributed by atoms with Crippen LogP contribution in [0.3, 0.4) is 0 Å². The molecule has 1 aromatic heterocycles. The third-order valence-electron chi connectivity index (χ3n) is 3.28. The van der Waals surface area contributed by atoms with Gasteiger partial charge in [0.2, 0.25) is 0 Å². The van der Waals surface area contributed by atoms with Crippen LogP contribution in [-0.2, 0) is 12.2 Å². The van der Waals surface area contributed by atoms with Gasteiger partial charge in [-0.3, -0.25) is 4.99 Å². The van der Waals surface area contributed by atoms with Gasteiger partial charge in [-0.2, -0.15) is 11.8 Å². The molecule has 0 aliphatic carbocycles. The summed E-state index contributed by atoms with van der Waals surface area (Å²) in [6.45, 7) is 3.65. The zero-order valence-electron chi connectivity index (χ0n) is 14.4. The molecule has 0 unspecified atom stereocenters. The highest BCUT2D eigenvalue weighted by atomic mass is 127. The van der Waals surface area contributed by atoms with Crippen LogP contribution in [0, 0.1) is 12.7 Å². The maximum Gasteiger partial charge on any atom is 0.191 e. The Morgan fingerprint density at radius 1 is 1.28 bits per heavy atom. The Balaban J connectivity index is 0.00000312. The van der Waals surface area contributed by atoms with Crippen LogP contribution < -0.4 is 10.6 Å². The lowest BCUT2D eigenvalue weighted by molar-refractivity contribution is 0.617. The number of guanidine groups is 1. The lowest BCUT2D eigenvalue weighted by atomic mass is 10.2. The number of thioether (sulfide) groups is 1. The van der Waals surface area contributed by atoms with Crippen molar-refractivity contribution in [2.45, 2.75) is 19.1 Å². The van der Waals surface area contributed by atoms with Crippen molar-refractivity contribution in [3.05, 3.63) is 51.7 Å². The van der Waals surface area contributed by atoms with E-state index in [0.29, 0.717) is 5.75 Å². The van der Waals surface area contributed by atoms with Gasteiger partial charge in [-0.05, 0) is 18.6 Å². The van der Waals surface area contributed by atoms with Crippen molar-refractivity contribution in [2.75, 3.05) is 25.9 Å². The van der Waals surface area contributed by atoms with Crippen molar-refractivity contribution in [1.29, 1.82) is 0 Å². The molecule has 2 N–H and O–H groups in total. The van der Waals surface area contributed by atoms with Crippen LogP contribution in [-0.4, -0.2) is 36.8 Å². The van der Waals surface area contributed by atoms with Gasteiger partial charge in [-0.1, -0.05) is 18.2 Å². The monoisotopic (exact) mass is 494 g/mol. The van der Waals surface area contributed by atoms with Gasteiger partial charge in [-0.15, -0.1) is 35.3 Å². The van der Waals surface area contributed by atoms with E-state index < -0.39 is 0 Å². The van der Waals surface area contributed by atoms with E-state index in [1.807, 2.05) is 18.3 Å². The van der Waals surface area contributed by atoms with Crippen LogP contribution in [0.25, 0.3) is 0 Å². The summed E-state index contributed by atoms with van der Waals surface area (Å²) in [5.41, 5.74) is 0.753. The molecule has 1 aromatic carbocycles. The van der Waals surface area contributed by atoms with E-state index in [1.165, 1.54) is 10.9 Å². The standard InChI is InChI=1S/C17H23FN4S2.HI/c1-13-11-22-16(24-13)7-8-20-17(19-2)21-9-10-23-12-14-5-3-4-6-15(14)18;/h3-6,11H,7-10,12H2,1-2H3,(H2,19,20,21);1H. The highest BCUT2D eigenvalue weighted by molar-refractivity contribution is 14.0. The smallest absolute Gasteiger partial charge is 0.191 e. The second-order valence-electron chi connectivity index (χ2n) is 5.18. The van der Waals surface area contributed by atoms with Crippen molar-refractivity contribution in [3.8, 4) is 0 Å². The third kappa shape index (κ3) is 8.37. The van der Waals surface area contributed by atoms with E-state index in [0.717, 1.165) is 41.8 Å². The largest absolute Gasteiger partial charge is 0.356 e. The summed E-state index contributed by atoms with van der Waals surface area (Å²) in [6, 6.07) is 6.92. The summed E-state index contributed by atoms with van der Waals surface area (Å²) in [5.74, 6) is 2.23. The maximum atomic E-state index is 13.5. The minimum Gasteiger partial charge on any atom is -0.356 e. The number of rotatable bonds is 8. The van der Waals surface area contributed by atoms with Crippen molar-refractivity contribution in [2.24, 2.45) is 4.99 Å². The van der Waals surface area contributed by atoms with Gasteiger partial charge >= 0.3 is 0 Å². The number of nitrogens with zero attached hydrogens (tertiary/aromatic N) is 2. The quantitative estimate of drug-likeness (QED) is 0.254. The average molecular weight is 494 g/mol. The Bertz CT molecular complexity index is 664. The molecule has 2 aromatic rings. The van der Waals surface area contributed by atoms with Gasteiger partial charge < -0.3 is 10.6 Å². The molecule has 2 rings (SSSR count). The van der Waals surface area contributed by atoms with Gasteiger partial charge in [0.25, 0.3) is 0 Å². The first-order valence-corrected chi connectivity index (χ1v) is 9.83. The van der Waals surface area contributed by atoms with Crippen LogP contribution in [0.5, 0.6) is 0 Å². The van der Waals surface area contributed by atoms with Gasteiger partial charge in [-0.25, -0.2) is 9.37 Å². The number of aromatic nitrogens is 1. The summed E-state index contributed by atoms with van der Waals surface area (Å²) in [6.07, 6.45) is 2.79. The van der Waals surface area contributed by atoms with Crippen molar-refractivity contribution in [3.63, 3.8) is 0 Å². The summed E-state index contributed by atoms with van der Waals surface area (Å²) in [7, 11) is 1.76. The third-order valence-corrected chi connectivity index (χ3v) is 5.26. The average Bonchev–Trinajstić information content (AvgIpc) is 3.00. The second kappa shape index (κ2) is 12.5. The number of aryl methyl sites for hydroxylation is 1. The van der Waals surface area contributed by atoms with Crippen LogP contribution in [0.1, 0.15) is 15.4 Å². The molecular weight excluding hydrogens is 470 g/mol. The highest BCUT2D eigenvalue weighted by Gasteiger charge is 2.02. The Morgan fingerprint density at radius 2 is 2.04 bits per heavy atom. The SMILES string of the molecule is CN=C(NCCSCc1ccccc1F)NCCc1ncc(C)s1.I. The second-order valence-corrected chi connectivity index (χ2v) is 7.61. The number of hydrogen-bond acceptors (Lipinski definition) is 4. The lowest BCUT2D eigenvalue weighted by Gasteiger charge is -2.11. The van der Waals surface area contributed by atoms with E-state index in [1.54, 1.807) is 36.2 Å². The van der Waals surface area contributed by atoms with Crippen molar-refractivity contribution >= 4 is 53.0 Å². The number of thiazole rings is 1. The molecule has 0 aliphatic rings. The minimum absolute atomic E-state index is 0. The first kappa shape index (κ1) is 22.2. The van der Waals surface area contributed by atoms with Crippen molar-refractivity contribution < 1.29 is 4.39 Å². The Labute approximate surface area is 174 Å². The van der Waals surface area contributed by atoms with Gasteiger partial charge in [0.1, 0.15) is 5.82 Å². The molecule has 0 radical (unpaired) electrons. The fraction of sp³-hybridized carbons (Fsp3) is 0.412. The number of halogens is 2. The first-order chi connectivity index (χ1) is 11.7. The normalized spacial score (nSPS) is 11.1. The van der Waals surface area contributed by atoms with Gasteiger partial charge in [0, 0.05) is 49.1 Å². The molecule has 0 saturated carbocycles. The molecule has 0 amide bonds. The molecule has 0 bridgehead atoms. The van der Waals surface area contributed by atoms with E-state index in [2.05, 4.69) is 27.5 Å². The molecule has 0 fully saturated rings. The number of aliphatic imine (C=N–C) groups is 1. The van der Waals surface area contributed by atoms with Crippen LogP contribution in [0.2, 0.25) is 0 Å². The van der Waals surface area contributed by atoms with E-state index >= 15 is 0 Å². The number of benzene rings is 1. The summed E-state index contributed by atoms with van der Waals surface area (Å²) >= 11 is 3.43. The topological polar surface area (TPSA) is 49.3 Å². The molecule has 25 heavy (non-hydrogen) atoms.